The molecule has 0 aliphatic carbocycles. The van der Waals surface area contributed by atoms with Crippen LogP contribution in [0.1, 0.15) is 35.2 Å². The molecular formula is C17H19BrClN. The van der Waals surface area contributed by atoms with Gasteiger partial charge in [-0.1, -0.05) is 29.3 Å². The third kappa shape index (κ3) is 3.36. The topological polar surface area (TPSA) is 12.0 Å². The van der Waals surface area contributed by atoms with Gasteiger partial charge in [0.2, 0.25) is 0 Å². The zero-order valence-electron chi connectivity index (χ0n) is 12.2. The first-order valence-corrected chi connectivity index (χ1v) is 7.85. The Hall–Kier alpha value is -0.990. The maximum atomic E-state index is 6.03. The average Bonchev–Trinajstić information content (AvgIpc) is 2.32. The van der Waals surface area contributed by atoms with Crippen LogP contribution >= 0.6 is 27.5 Å². The standard InChI is InChI=1S/C17H19BrClN/c1-10-7-11(2)17(12(3)8-10)13(4)20-14-5-6-16(19)15(18)9-14/h5-9,13,20H,1-4H3. The third-order valence-corrected chi connectivity index (χ3v) is 4.69. The third-order valence-electron chi connectivity index (χ3n) is 3.47. The van der Waals surface area contributed by atoms with Gasteiger partial charge in [-0.25, -0.2) is 0 Å². The van der Waals surface area contributed by atoms with E-state index in [2.05, 4.69) is 61.1 Å². The van der Waals surface area contributed by atoms with E-state index in [1.807, 2.05) is 18.2 Å². The van der Waals surface area contributed by atoms with E-state index in [0.29, 0.717) is 0 Å². The van der Waals surface area contributed by atoms with E-state index < -0.39 is 0 Å². The molecule has 0 fully saturated rings. The number of hydrogen-bond donors (Lipinski definition) is 1. The molecule has 0 aliphatic heterocycles. The van der Waals surface area contributed by atoms with Crippen molar-refractivity contribution in [1.29, 1.82) is 0 Å². The van der Waals surface area contributed by atoms with Gasteiger partial charge in [-0.2, -0.15) is 0 Å². The van der Waals surface area contributed by atoms with Crippen molar-refractivity contribution in [1.82, 2.24) is 0 Å². The van der Waals surface area contributed by atoms with Crippen LogP contribution in [0.25, 0.3) is 0 Å². The van der Waals surface area contributed by atoms with E-state index in [1.54, 1.807) is 0 Å². The van der Waals surface area contributed by atoms with Crippen LogP contribution in [-0.4, -0.2) is 0 Å². The Morgan fingerprint density at radius 1 is 1.05 bits per heavy atom. The lowest BCUT2D eigenvalue weighted by molar-refractivity contribution is 0.862. The maximum absolute atomic E-state index is 6.03. The highest BCUT2D eigenvalue weighted by atomic mass is 79.9. The molecule has 0 heterocycles. The van der Waals surface area contributed by atoms with Gasteiger partial charge in [0.15, 0.2) is 0 Å². The molecule has 0 amide bonds. The lowest BCUT2D eigenvalue weighted by Gasteiger charge is -2.21. The van der Waals surface area contributed by atoms with Crippen molar-refractivity contribution >= 4 is 33.2 Å². The van der Waals surface area contributed by atoms with Crippen LogP contribution in [0.2, 0.25) is 5.02 Å². The first-order valence-electron chi connectivity index (χ1n) is 6.68. The summed E-state index contributed by atoms with van der Waals surface area (Å²) in [6, 6.07) is 10.6. The van der Waals surface area contributed by atoms with Gasteiger partial charge in [-0.15, -0.1) is 0 Å². The number of benzene rings is 2. The van der Waals surface area contributed by atoms with Crippen molar-refractivity contribution < 1.29 is 0 Å². The van der Waals surface area contributed by atoms with Crippen LogP contribution in [0.15, 0.2) is 34.8 Å². The van der Waals surface area contributed by atoms with Gasteiger partial charge in [0.05, 0.1) is 5.02 Å². The van der Waals surface area contributed by atoms with Crippen LogP contribution < -0.4 is 5.32 Å². The van der Waals surface area contributed by atoms with E-state index in [9.17, 15) is 0 Å². The fraction of sp³-hybridized carbons (Fsp3) is 0.294. The normalized spacial score (nSPS) is 12.3. The first kappa shape index (κ1) is 15.4. The van der Waals surface area contributed by atoms with Crippen LogP contribution in [0, 0.1) is 20.8 Å². The van der Waals surface area contributed by atoms with E-state index in [4.69, 9.17) is 11.6 Å². The number of nitrogens with one attached hydrogen (secondary N) is 1. The monoisotopic (exact) mass is 351 g/mol. The minimum absolute atomic E-state index is 0.253. The molecule has 0 saturated heterocycles. The SMILES string of the molecule is Cc1cc(C)c(C(C)Nc2ccc(Cl)c(Br)c2)c(C)c1. The van der Waals surface area contributed by atoms with Crippen molar-refractivity contribution in [3.63, 3.8) is 0 Å². The van der Waals surface area contributed by atoms with Crippen LogP contribution in [0.4, 0.5) is 5.69 Å². The van der Waals surface area contributed by atoms with Crippen LogP contribution in [0.5, 0.6) is 0 Å². The molecular weight excluding hydrogens is 334 g/mol. The number of anilines is 1. The number of hydrogen-bond acceptors (Lipinski definition) is 1. The number of aryl methyl sites for hydroxylation is 3. The molecule has 0 spiro atoms. The van der Waals surface area contributed by atoms with Gasteiger partial charge in [0, 0.05) is 16.2 Å². The lowest BCUT2D eigenvalue weighted by atomic mass is 9.95. The number of rotatable bonds is 3. The van der Waals surface area contributed by atoms with Gasteiger partial charge in [0.25, 0.3) is 0 Å². The highest BCUT2D eigenvalue weighted by molar-refractivity contribution is 9.10. The Labute approximate surface area is 134 Å². The second-order valence-corrected chi connectivity index (χ2v) is 6.57. The van der Waals surface area contributed by atoms with Crippen molar-refractivity contribution in [3.05, 3.63) is 62.1 Å². The summed E-state index contributed by atoms with van der Waals surface area (Å²) in [6.45, 7) is 8.67. The van der Waals surface area contributed by atoms with Gasteiger partial charge in [0.1, 0.15) is 0 Å². The molecule has 1 atom stereocenters. The summed E-state index contributed by atoms with van der Waals surface area (Å²) in [4.78, 5) is 0. The fourth-order valence-corrected chi connectivity index (χ4v) is 3.28. The predicted molar refractivity (Wildman–Crippen MR) is 91.8 cm³/mol. The minimum Gasteiger partial charge on any atom is -0.378 e. The Balaban J connectivity index is 2.28. The van der Waals surface area contributed by atoms with E-state index >= 15 is 0 Å². The number of halogens is 2. The molecule has 0 bridgehead atoms. The van der Waals surface area contributed by atoms with Gasteiger partial charge in [-0.3, -0.25) is 0 Å². The van der Waals surface area contributed by atoms with Crippen molar-refractivity contribution in [2.24, 2.45) is 0 Å². The van der Waals surface area contributed by atoms with Crippen molar-refractivity contribution in [2.45, 2.75) is 33.7 Å². The second-order valence-electron chi connectivity index (χ2n) is 5.31. The maximum Gasteiger partial charge on any atom is 0.0549 e. The quantitative estimate of drug-likeness (QED) is 0.693. The molecule has 2 aromatic rings. The predicted octanol–water partition coefficient (Wildman–Crippen LogP) is 6.20. The molecule has 0 aliphatic rings. The van der Waals surface area contributed by atoms with Crippen molar-refractivity contribution in [2.75, 3.05) is 5.32 Å². The molecule has 0 radical (unpaired) electrons. The molecule has 2 rings (SSSR count). The molecule has 1 nitrogen and oxygen atoms in total. The summed E-state index contributed by atoms with van der Waals surface area (Å²) in [7, 11) is 0. The summed E-state index contributed by atoms with van der Waals surface area (Å²) in [5, 5.41) is 4.27. The van der Waals surface area contributed by atoms with Crippen LogP contribution in [0.3, 0.4) is 0 Å². The van der Waals surface area contributed by atoms with Crippen molar-refractivity contribution in [3.8, 4) is 0 Å². The summed E-state index contributed by atoms with van der Waals surface area (Å²) >= 11 is 9.49. The minimum atomic E-state index is 0.253. The Kier molecular flexibility index (Phi) is 4.77. The first-order chi connectivity index (χ1) is 9.38. The molecule has 1 N–H and O–H groups in total. The molecule has 0 saturated carbocycles. The molecule has 20 heavy (non-hydrogen) atoms. The second kappa shape index (κ2) is 6.19. The van der Waals surface area contributed by atoms with Crippen LogP contribution in [-0.2, 0) is 0 Å². The Bertz CT molecular complexity index is 614. The molecule has 106 valence electrons. The summed E-state index contributed by atoms with van der Waals surface area (Å²) in [5.41, 5.74) is 6.39. The fourth-order valence-electron chi connectivity index (χ4n) is 2.78. The largest absolute Gasteiger partial charge is 0.378 e. The average molecular weight is 353 g/mol. The zero-order valence-corrected chi connectivity index (χ0v) is 14.6. The van der Waals surface area contributed by atoms with Gasteiger partial charge >= 0.3 is 0 Å². The van der Waals surface area contributed by atoms with E-state index in [-0.39, 0.29) is 6.04 Å². The molecule has 3 heteroatoms. The zero-order chi connectivity index (χ0) is 14.9. The Morgan fingerprint density at radius 3 is 2.20 bits per heavy atom. The lowest BCUT2D eigenvalue weighted by Crippen LogP contribution is -2.10. The Morgan fingerprint density at radius 2 is 1.65 bits per heavy atom. The molecule has 1 unspecified atom stereocenters. The van der Waals surface area contributed by atoms with E-state index in [1.165, 1.54) is 22.3 Å². The summed E-state index contributed by atoms with van der Waals surface area (Å²) in [6.07, 6.45) is 0. The summed E-state index contributed by atoms with van der Waals surface area (Å²) in [5.74, 6) is 0. The smallest absolute Gasteiger partial charge is 0.0549 e. The van der Waals surface area contributed by atoms with Gasteiger partial charge in [-0.05, 0) is 78.5 Å². The summed E-state index contributed by atoms with van der Waals surface area (Å²) < 4.78 is 0.911. The van der Waals surface area contributed by atoms with Gasteiger partial charge < -0.3 is 5.32 Å². The highest BCUT2D eigenvalue weighted by Crippen LogP contribution is 2.30. The van der Waals surface area contributed by atoms with E-state index in [0.717, 1.165) is 15.2 Å². The highest BCUT2D eigenvalue weighted by Gasteiger charge is 2.12. The molecule has 0 aromatic heterocycles. The molecule has 2 aromatic carbocycles.